The van der Waals surface area contributed by atoms with Crippen LogP contribution in [0.5, 0.6) is 0 Å². The SMILES string of the molecule is O=S(=O)(O)O.O=S(=O)(O)O.[CaH2]. The standard InChI is InChI=1S/Ca.2H2O4S.2H/c;2*1-5(2,3)4;;/h;2*(H2,1,2,3,4);;. The molecule has 0 fully saturated rings. The van der Waals surface area contributed by atoms with Crippen molar-refractivity contribution in [2.24, 2.45) is 0 Å². The van der Waals surface area contributed by atoms with Gasteiger partial charge in [0.15, 0.2) is 0 Å². The fourth-order valence-electron chi connectivity index (χ4n) is 0. The molecule has 0 saturated carbocycles. The molecule has 11 heavy (non-hydrogen) atoms. The van der Waals surface area contributed by atoms with E-state index in [9.17, 15) is 0 Å². The first-order valence-corrected chi connectivity index (χ1v) is 4.19. The molecule has 0 saturated heterocycles. The fraction of sp³-hybridized carbons (Fsp3) is 0. The van der Waals surface area contributed by atoms with Gasteiger partial charge in [-0.1, -0.05) is 0 Å². The maximum atomic E-state index is 8.74. The van der Waals surface area contributed by atoms with Gasteiger partial charge < -0.3 is 0 Å². The summed E-state index contributed by atoms with van der Waals surface area (Å²) in [5.41, 5.74) is 0. The van der Waals surface area contributed by atoms with Crippen molar-refractivity contribution in [3.05, 3.63) is 0 Å². The van der Waals surface area contributed by atoms with Crippen LogP contribution in [0.1, 0.15) is 0 Å². The third-order valence-corrected chi connectivity index (χ3v) is 0. The first-order chi connectivity index (χ1) is 4.00. The van der Waals surface area contributed by atoms with E-state index in [2.05, 4.69) is 0 Å². The second kappa shape index (κ2) is 6.51. The van der Waals surface area contributed by atoms with Crippen LogP contribution < -0.4 is 0 Å². The summed E-state index contributed by atoms with van der Waals surface area (Å²) in [5, 5.41) is 0. The first kappa shape index (κ1) is 17.9. The van der Waals surface area contributed by atoms with Gasteiger partial charge in [-0.15, -0.1) is 0 Å². The normalized spacial score (nSPS) is 10.5. The van der Waals surface area contributed by atoms with Crippen LogP contribution in [-0.2, 0) is 20.8 Å². The van der Waals surface area contributed by atoms with E-state index in [-0.39, 0.29) is 37.7 Å². The average Bonchev–Trinajstić information content (AvgIpc) is 1.12. The van der Waals surface area contributed by atoms with E-state index in [4.69, 9.17) is 35.0 Å². The molecule has 0 radical (unpaired) electrons. The van der Waals surface area contributed by atoms with Crippen molar-refractivity contribution in [2.45, 2.75) is 0 Å². The van der Waals surface area contributed by atoms with Gasteiger partial charge in [0, 0.05) is 0 Å². The molecule has 0 aromatic rings. The van der Waals surface area contributed by atoms with Crippen molar-refractivity contribution in [3.63, 3.8) is 0 Å². The summed E-state index contributed by atoms with van der Waals surface area (Å²) < 4.78 is 63.2. The molecule has 0 rings (SSSR count). The molecule has 0 spiro atoms. The Balaban J connectivity index is -0.000000107. The van der Waals surface area contributed by atoms with Crippen LogP contribution in [0.3, 0.4) is 0 Å². The number of hydrogen-bond donors (Lipinski definition) is 4. The summed E-state index contributed by atoms with van der Waals surface area (Å²) >= 11 is 0. The van der Waals surface area contributed by atoms with Crippen molar-refractivity contribution in [3.8, 4) is 0 Å². The van der Waals surface area contributed by atoms with Crippen LogP contribution in [-0.4, -0.2) is 72.8 Å². The second-order valence-corrected chi connectivity index (χ2v) is 2.69. The Morgan fingerprint density at radius 3 is 0.636 bits per heavy atom. The molecule has 0 aliphatic carbocycles. The quantitative estimate of drug-likeness (QED) is 0.274. The molecule has 0 aliphatic rings. The Hall–Kier alpha value is 1.000. The summed E-state index contributed by atoms with van der Waals surface area (Å²) in [6, 6.07) is 0. The van der Waals surface area contributed by atoms with Crippen LogP contribution in [0, 0.1) is 0 Å². The topological polar surface area (TPSA) is 149 Å². The van der Waals surface area contributed by atoms with Crippen LogP contribution in [0.15, 0.2) is 0 Å². The number of hydrogen-bond acceptors (Lipinski definition) is 4. The molecular formula is H6CaO8S2. The van der Waals surface area contributed by atoms with E-state index in [0.717, 1.165) is 0 Å². The molecule has 0 aromatic heterocycles. The number of rotatable bonds is 0. The van der Waals surface area contributed by atoms with Crippen LogP contribution in [0.2, 0.25) is 0 Å². The van der Waals surface area contributed by atoms with Gasteiger partial charge in [-0.2, -0.15) is 16.8 Å². The Labute approximate surface area is 92.8 Å². The van der Waals surface area contributed by atoms with Gasteiger partial charge >= 0.3 is 58.5 Å². The molecule has 0 amide bonds. The van der Waals surface area contributed by atoms with Gasteiger partial charge in [0.1, 0.15) is 0 Å². The summed E-state index contributed by atoms with van der Waals surface area (Å²) in [6.07, 6.45) is 0. The molecular weight excluding hydrogens is 232 g/mol. The van der Waals surface area contributed by atoms with Gasteiger partial charge in [-0.3, -0.25) is 18.2 Å². The van der Waals surface area contributed by atoms with E-state index in [0.29, 0.717) is 0 Å². The Kier molecular flexibility index (Phi) is 10.6. The molecule has 0 atom stereocenters. The second-order valence-electron chi connectivity index (χ2n) is 0.896. The first-order valence-electron chi connectivity index (χ1n) is 1.40. The van der Waals surface area contributed by atoms with Gasteiger partial charge in [0.25, 0.3) is 0 Å². The van der Waals surface area contributed by atoms with E-state index >= 15 is 0 Å². The Morgan fingerprint density at radius 2 is 0.636 bits per heavy atom. The van der Waals surface area contributed by atoms with Crippen molar-refractivity contribution < 1.29 is 35.0 Å². The summed E-state index contributed by atoms with van der Waals surface area (Å²) in [7, 11) is -9.33. The van der Waals surface area contributed by atoms with Gasteiger partial charge in [0.2, 0.25) is 0 Å². The molecule has 0 bridgehead atoms. The molecule has 4 N–H and O–H groups in total. The van der Waals surface area contributed by atoms with Gasteiger partial charge in [0.05, 0.1) is 0 Å². The molecule has 0 aliphatic heterocycles. The summed E-state index contributed by atoms with van der Waals surface area (Å²) in [4.78, 5) is 0. The Bertz CT molecular complexity index is 208. The molecule has 0 heterocycles. The van der Waals surface area contributed by atoms with Crippen LogP contribution in [0.4, 0.5) is 0 Å². The third-order valence-electron chi connectivity index (χ3n) is 0. The van der Waals surface area contributed by atoms with Gasteiger partial charge in [-0.05, 0) is 0 Å². The van der Waals surface area contributed by atoms with Crippen LogP contribution >= 0.6 is 0 Å². The van der Waals surface area contributed by atoms with E-state index in [1.54, 1.807) is 0 Å². The summed E-state index contributed by atoms with van der Waals surface area (Å²) in [6.45, 7) is 0. The molecule has 8 nitrogen and oxygen atoms in total. The minimum atomic E-state index is -4.67. The zero-order chi connectivity index (χ0) is 9.00. The van der Waals surface area contributed by atoms with Crippen LogP contribution in [0.25, 0.3) is 0 Å². The third kappa shape index (κ3) is 891. The minimum absolute atomic E-state index is 0. The molecule has 0 unspecified atom stereocenters. The summed E-state index contributed by atoms with van der Waals surface area (Å²) in [5.74, 6) is 0. The Morgan fingerprint density at radius 1 is 0.636 bits per heavy atom. The maximum absolute atomic E-state index is 8.74. The predicted molar refractivity (Wildman–Crippen MR) is 36.9 cm³/mol. The fourth-order valence-corrected chi connectivity index (χ4v) is 0. The van der Waals surface area contributed by atoms with Crippen molar-refractivity contribution in [2.75, 3.05) is 0 Å². The van der Waals surface area contributed by atoms with E-state index < -0.39 is 20.8 Å². The molecule has 0 aromatic carbocycles. The average molecular weight is 238 g/mol. The van der Waals surface area contributed by atoms with Crippen molar-refractivity contribution in [1.82, 2.24) is 0 Å². The van der Waals surface area contributed by atoms with E-state index in [1.807, 2.05) is 0 Å². The molecule has 11 heteroatoms. The zero-order valence-corrected chi connectivity index (χ0v) is 5.87. The monoisotopic (exact) mass is 238 g/mol. The van der Waals surface area contributed by atoms with E-state index in [1.165, 1.54) is 0 Å². The van der Waals surface area contributed by atoms with Gasteiger partial charge in [-0.25, -0.2) is 0 Å². The predicted octanol–water partition coefficient (Wildman–Crippen LogP) is -2.22. The zero-order valence-electron chi connectivity index (χ0n) is 4.24. The van der Waals surface area contributed by atoms with Crippen molar-refractivity contribution >= 4 is 58.5 Å². The molecule has 68 valence electrons. The van der Waals surface area contributed by atoms with Crippen molar-refractivity contribution in [1.29, 1.82) is 0 Å².